The van der Waals surface area contributed by atoms with Crippen molar-refractivity contribution in [1.82, 2.24) is 0 Å². The van der Waals surface area contributed by atoms with Gasteiger partial charge in [0.15, 0.2) is 0 Å². The van der Waals surface area contributed by atoms with E-state index in [2.05, 4.69) is 27.4 Å². The third-order valence-electron chi connectivity index (χ3n) is 2.86. The topological polar surface area (TPSA) is 26.0 Å². The first-order valence-corrected chi connectivity index (χ1v) is 6.42. The fraction of sp³-hybridized carbons (Fsp3) is 0.600. The lowest BCUT2D eigenvalue weighted by Gasteiger charge is -2.13. The molecule has 1 fully saturated rings. The summed E-state index contributed by atoms with van der Waals surface area (Å²) in [7, 11) is 0. The second-order valence-corrected chi connectivity index (χ2v) is 5.61. The zero-order chi connectivity index (χ0) is 9.26. The van der Waals surface area contributed by atoms with Gasteiger partial charge in [0.1, 0.15) is 0 Å². The van der Waals surface area contributed by atoms with E-state index in [1.54, 1.807) is 0 Å². The molecule has 0 aliphatic heterocycles. The maximum absolute atomic E-state index is 6.03. The van der Waals surface area contributed by atoms with E-state index in [0.29, 0.717) is 6.04 Å². The van der Waals surface area contributed by atoms with E-state index < -0.39 is 0 Å². The highest BCUT2D eigenvalue weighted by atomic mass is 79.9. The van der Waals surface area contributed by atoms with Crippen LogP contribution in [0, 0.1) is 5.92 Å². The van der Waals surface area contributed by atoms with Gasteiger partial charge in [-0.25, -0.2) is 0 Å². The summed E-state index contributed by atoms with van der Waals surface area (Å²) in [5.41, 5.74) is 6.03. The standard InChI is InChI=1S/C10H14BrNS/c11-8-4-5-13-10(8)6-7-2-1-3-9(7)12/h4-5,7,9H,1-3,6,12H2. The van der Waals surface area contributed by atoms with Crippen molar-refractivity contribution in [3.05, 3.63) is 20.8 Å². The van der Waals surface area contributed by atoms with E-state index in [-0.39, 0.29) is 0 Å². The van der Waals surface area contributed by atoms with Crippen LogP contribution in [0.15, 0.2) is 15.9 Å². The molecule has 1 heterocycles. The van der Waals surface area contributed by atoms with Crippen molar-refractivity contribution >= 4 is 27.3 Å². The van der Waals surface area contributed by atoms with Gasteiger partial charge in [0.25, 0.3) is 0 Å². The monoisotopic (exact) mass is 259 g/mol. The molecule has 1 aliphatic rings. The molecule has 2 unspecified atom stereocenters. The molecule has 1 aromatic rings. The van der Waals surface area contributed by atoms with Crippen molar-refractivity contribution in [3.8, 4) is 0 Å². The van der Waals surface area contributed by atoms with Crippen LogP contribution in [0.3, 0.4) is 0 Å². The Morgan fingerprint density at radius 2 is 2.38 bits per heavy atom. The van der Waals surface area contributed by atoms with Crippen molar-refractivity contribution in [3.63, 3.8) is 0 Å². The van der Waals surface area contributed by atoms with Crippen LogP contribution in [-0.2, 0) is 6.42 Å². The highest BCUT2D eigenvalue weighted by Gasteiger charge is 2.24. The molecule has 0 bridgehead atoms. The number of thiophene rings is 1. The average Bonchev–Trinajstić information content (AvgIpc) is 2.65. The molecule has 2 atom stereocenters. The van der Waals surface area contributed by atoms with E-state index in [1.807, 2.05) is 11.3 Å². The molecule has 1 saturated carbocycles. The smallest absolute Gasteiger partial charge is 0.0314 e. The fourth-order valence-electron chi connectivity index (χ4n) is 2.03. The van der Waals surface area contributed by atoms with Crippen LogP contribution in [0.2, 0.25) is 0 Å². The summed E-state index contributed by atoms with van der Waals surface area (Å²) in [6, 6.07) is 2.56. The van der Waals surface area contributed by atoms with E-state index in [0.717, 1.165) is 5.92 Å². The molecule has 13 heavy (non-hydrogen) atoms. The Balaban J connectivity index is 2.01. The third-order valence-corrected chi connectivity index (χ3v) is 4.81. The Bertz CT molecular complexity index is 284. The molecular formula is C10H14BrNS. The summed E-state index contributed by atoms with van der Waals surface area (Å²) in [5, 5.41) is 2.14. The van der Waals surface area contributed by atoms with Crippen LogP contribution in [0.5, 0.6) is 0 Å². The summed E-state index contributed by atoms with van der Waals surface area (Å²) in [6.07, 6.45) is 5.01. The Hall–Kier alpha value is 0.140. The highest BCUT2D eigenvalue weighted by Crippen LogP contribution is 2.32. The maximum atomic E-state index is 6.03. The Morgan fingerprint density at radius 1 is 1.54 bits per heavy atom. The third kappa shape index (κ3) is 2.14. The highest BCUT2D eigenvalue weighted by molar-refractivity contribution is 9.10. The van der Waals surface area contributed by atoms with Gasteiger partial charge in [-0.3, -0.25) is 0 Å². The molecule has 0 amide bonds. The van der Waals surface area contributed by atoms with Gasteiger partial charge >= 0.3 is 0 Å². The summed E-state index contributed by atoms with van der Waals surface area (Å²) in [5.74, 6) is 0.718. The van der Waals surface area contributed by atoms with Crippen LogP contribution >= 0.6 is 27.3 Å². The minimum Gasteiger partial charge on any atom is -0.327 e. The first-order chi connectivity index (χ1) is 6.27. The molecule has 0 radical (unpaired) electrons. The van der Waals surface area contributed by atoms with Gasteiger partial charge < -0.3 is 5.73 Å². The van der Waals surface area contributed by atoms with Gasteiger partial charge in [-0.15, -0.1) is 11.3 Å². The number of halogens is 1. The van der Waals surface area contributed by atoms with E-state index >= 15 is 0 Å². The van der Waals surface area contributed by atoms with Gasteiger partial charge in [0.2, 0.25) is 0 Å². The molecule has 3 heteroatoms. The molecule has 1 nitrogen and oxygen atoms in total. The Morgan fingerprint density at radius 3 is 2.92 bits per heavy atom. The minimum atomic E-state index is 0.439. The fourth-order valence-corrected chi connectivity index (χ4v) is 3.64. The molecule has 0 saturated heterocycles. The quantitative estimate of drug-likeness (QED) is 0.868. The molecule has 0 spiro atoms. The van der Waals surface area contributed by atoms with E-state index in [9.17, 15) is 0 Å². The van der Waals surface area contributed by atoms with Crippen LogP contribution in [0.1, 0.15) is 24.1 Å². The molecule has 2 N–H and O–H groups in total. The lowest BCUT2D eigenvalue weighted by molar-refractivity contribution is 0.481. The van der Waals surface area contributed by atoms with Crippen LogP contribution < -0.4 is 5.73 Å². The molecule has 72 valence electrons. The predicted octanol–water partition coefficient (Wildman–Crippen LogP) is 3.18. The first kappa shape index (κ1) is 9.69. The maximum Gasteiger partial charge on any atom is 0.0314 e. The van der Waals surface area contributed by atoms with Crippen LogP contribution in [0.4, 0.5) is 0 Å². The zero-order valence-corrected chi connectivity index (χ0v) is 9.90. The summed E-state index contributed by atoms with van der Waals surface area (Å²) >= 11 is 5.40. The largest absolute Gasteiger partial charge is 0.327 e. The Kier molecular flexibility index (Phi) is 3.06. The van der Waals surface area contributed by atoms with Crippen LogP contribution in [0.25, 0.3) is 0 Å². The Labute approximate surface area is 91.5 Å². The van der Waals surface area contributed by atoms with E-state index in [1.165, 1.54) is 35.0 Å². The average molecular weight is 260 g/mol. The second-order valence-electron chi connectivity index (χ2n) is 3.75. The van der Waals surface area contributed by atoms with Gasteiger partial charge in [0.05, 0.1) is 0 Å². The first-order valence-electron chi connectivity index (χ1n) is 4.75. The number of rotatable bonds is 2. The summed E-state index contributed by atoms with van der Waals surface area (Å²) in [6.45, 7) is 0. The molecule has 0 aromatic carbocycles. The number of hydrogen-bond acceptors (Lipinski definition) is 2. The predicted molar refractivity (Wildman–Crippen MR) is 61.0 cm³/mol. The van der Waals surface area contributed by atoms with Crippen molar-refractivity contribution in [2.24, 2.45) is 11.7 Å². The van der Waals surface area contributed by atoms with Crippen molar-refractivity contribution in [2.75, 3.05) is 0 Å². The lowest BCUT2D eigenvalue weighted by Crippen LogP contribution is -2.25. The zero-order valence-electron chi connectivity index (χ0n) is 7.50. The van der Waals surface area contributed by atoms with Gasteiger partial charge in [-0.2, -0.15) is 0 Å². The van der Waals surface area contributed by atoms with Crippen molar-refractivity contribution in [2.45, 2.75) is 31.7 Å². The number of hydrogen-bond donors (Lipinski definition) is 1. The van der Waals surface area contributed by atoms with Crippen molar-refractivity contribution in [1.29, 1.82) is 0 Å². The lowest BCUT2D eigenvalue weighted by atomic mass is 9.99. The summed E-state index contributed by atoms with van der Waals surface area (Å²) < 4.78 is 1.26. The molecular weight excluding hydrogens is 246 g/mol. The van der Waals surface area contributed by atoms with E-state index in [4.69, 9.17) is 5.73 Å². The normalized spacial score (nSPS) is 28.2. The second kappa shape index (κ2) is 4.11. The van der Waals surface area contributed by atoms with Gasteiger partial charge in [0, 0.05) is 15.4 Å². The van der Waals surface area contributed by atoms with Gasteiger partial charge in [-0.05, 0) is 52.6 Å². The minimum absolute atomic E-state index is 0.439. The number of nitrogens with two attached hydrogens (primary N) is 1. The molecule has 2 rings (SSSR count). The molecule has 1 aromatic heterocycles. The SMILES string of the molecule is NC1CCCC1Cc1sccc1Br. The van der Waals surface area contributed by atoms with Crippen molar-refractivity contribution < 1.29 is 0 Å². The summed E-state index contributed by atoms with van der Waals surface area (Å²) in [4.78, 5) is 1.46. The molecule has 1 aliphatic carbocycles. The van der Waals surface area contributed by atoms with Crippen LogP contribution in [-0.4, -0.2) is 6.04 Å². The van der Waals surface area contributed by atoms with Gasteiger partial charge in [-0.1, -0.05) is 6.42 Å².